The third kappa shape index (κ3) is 6.40. The van der Waals surface area contributed by atoms with E-state index in [1.54, 1.807) is 24.3 Å². The molecule has 0 aliphatic heterocycles. The lowest BCUT2D eigenvalue weighted by Gasteiger charge is -2.07. The number of thioether (sulfide) groups is 1. The Morgan fingerprint density at radius 2 is 1.84 bits per heavy atom. The number of nitrogens with zero attached hydrogens (tertiary/aromatic N) is 1. The van der Waals surface area contributed by atoms with Crippen molar-refractivity contribution < 1.29 is 14.3 Å². The van der Waals surface area contributed by atoms with Crippen LogP contribution in [0.1, 0.15) is 12.6 Å². The first-order valence-electron chi connectivity index (χ1n) is 7.36. The molecule has 0 fully saturated rings. The van der Waals surface area contributed by atoms with E-state index >= 15 is 0 Å². The van der Waals surface area contributed by atoms with Gasteiger partial charge in [-0.2, -0.15) is 0 Å². The van der Waals surface area contributed by atoms with Crippen LogP contribution in [0, 0.1) is 0 Å². The highest BCUT2D eigenvalue weighted by molar-refractivity contribution is 7.99. The summed E-state index contributed by atoms with van der Waals surface area (Å²) in [6, 6.07) is 8.11. The number of ether oxygens (including phenoxy) is 1. The van der Waals surface area contributed by atoms with E-state index in [9.17, 15) is 14.4 Å². The summed E-state index contributed by atoms with van der Waals surface area (Å²) in [5.74, 6) is -0.310. The quantitative estimate of drug-likeness (QED) is 0.509. The van der Waals surface area contributed by atoms with Gasteiger partial charge in [-0.3, -0.25) is 14.4 Å². The van der Waals surface area contributed by atoms with Gasteiger partial charge in [0.25, 0.3) is 5.56 Å². The molecule has 0 bridgehead atoms. The van der Waals surface area contributed by atoms with Crippen molar-refractivity contribution in [3.63, 3.8) is 0 Å². The first kappa shape index (κ1) is 18.7. The Morgan fingerprint density at radius 3 is 2.44 bits per heavy atom. The van der Waals surface area contributed by atoms with Gasteiger partial charge in [0.15, 0.2) is 5.16 Å². The largest absolute Gasteiger partial charge is 0.378 e. The predicted molar refractivity (Wildman–Crippen MR) is 95.7 cm³/mol. The van der Waals surface area contributed by atoms with Crippen molar-refractivity contribution in [2.75, 3.05) is 23.5 Å². The lowest BCUT2D eigenvalue weighted by Crippen LogP contribution is -2.16. The zero-order valence-electron chi connectivity index (χ0n) is 13.8. The molecule has 1 aromatic carbocycles. The van der Waals surface area contributed by atoms with Gasteiger partial charge in [-0.1, -0.05) is 11.8 Å². The van der Waals surface area contributed by atoms with Crippen LogP contribution in [0.4, 0.5) is 11.4 Å². The van der Waals surface area contributed by atoms with Crippen LogP contribution in [0.2, 0.25) is 0 Å². The number of rotatable bonds is 7. The second-order valence-corrected chi connectivity index (χ2v) is 6.03. The number of hydrogen-bond donors (Lipinski definition) is 3. The Bertz CT molecular complexity index is 805. The Morgan fingerprint density at radius 1 is 1.20 bits per heavy atom. The topological polar surface area (TPSA) is 113 Å². The van der Waals surface area contributed by atoms with Gasteiger partial charge >= 0.3 is 0 Å². The van der Waals surface area contributed by atoms with Gasteiger partial charge in [0.2, 0.25) is 11.8 Å². The molecule has 0 spiro atoms. The summed E-state index contributed by atoms with van der Waals surface area (Å²) in [4.78, 5) is 41.3. The normalized spacial score (nSPS) is 10.3. The molecule has 2 amide bonds. The molecule has 3 N–H and O–H groups in total. The third-order valence-electron chi connectivity index (χ3n) is 2.89. The summed E-state index contributed by atoms with van der Waals surface area (Å²) < 4.78 is 4.95. The second-order valence-electron chi connectivity index (χ2n) is 5.07. The molecule has 25 heavy (non-hydrogen) atoms. The number of aromatic nitrogens is 2. The van der Waals surface area contributed by atoms with Crippen LogP contribution in [0.5, 0.6) is 0 Å². The number of nitrogens with one attached hydrogen (secondary N) is 3. The van der Waals surface area contributed by atoms with Crippen molar-refractivity contribution in [3.05, 3.63) is 46.4 Å². The van der Waals surface area contributed by atoms with Crippen LogP contribution in [0.3, 0.4) is 0 Å². The Hall–Kier alpha value is -2.65. The molecular formula is C16H18N4O4S. The van der Waals surface area contributed by atoms with Crippen LogP contribution >= 0.6 is 11.8 Å². The van der Waals surface area contributed by atoms with Crippen LogP contribution < -0.4 is 16.2 Å². The van der Waals surface area contributed by atoms with Crippen LogP contribution in [0.15, 0.2) is 40.3 Å². The number of amides is 2. The average Bonchev–Trinajstić information content (AvgIpc) is 2.54. The van der Waals surface area contributed by atoms with Crippen LogP contribution in [-0.2, 0) is 20.9 Å². The summed E-state index contributed by atoms with van der Waals surface area (Å²) in [6.07, 6.45) is 0. The summed E-state index contributed by atoms with van der Waals surface area (Å²) in [6.45, 7) is 1.65. The van der Waals surface area contributed by atoms with Crippen molar-refractivity contribution in [1.82, 2.24) is 9.97 Å². The van der Waals surface area contributed by atoms with Gasteiger partial charge in [-0.25, -0.2) is 4.98 Å². The van der Waals surface area contributed by atoms with Crippen molar-refractivity contribution in [1.29, 1.82) is 0 Å². The minimum absolute atomic E-state index is 0.0901. The van der Waals surface area contributed by atoms with Gasteiger partial charge in [0.05, 0.1) is 18.1 Å². The van der Waals surface area contributed by atoms with E-state index in [1.807, 2.05) is 0 Å². The number of benzene rings is 1. The van der Waals surface area contributed by atoms with Crippen molar-refractivity contribution in [2.24, 2.45) is 0 Å². The van der Waals surface area contributed by atoms with E-state index in [0.717, 1.165) is 11.8 Å². The van der Waals surface area contributed by atoms with Gasteiger partial charge in [0, 0.05) is 31.5 Å². The monoisotopic (exact) mass is 362 g/mol. The van der Waals surface area contributed by atoms with Crippen LogP contribution in [-0.4, -0.2) is 34.6 Å². The molecule has 0 saturated heterocycles. The number of methoxy groups -OCH3 is 1. The van der Waals surface area contributed by atoms with Crippen molar-refractivity contribution in [2.45, 2.75) is 18.7 Å². The zero-order valence-corrected chi connectivity index (χ0v) is 14.6. The third-order valence-corrected chi connectivity index (χ3v) is 3.77. The zero-order chi connectivity index (χ0) is 18.2. The van der Waals surface area contributed by atoms with Crippen molar-refractivity contribution >= 4 is 35.0 Å². The van der Waals surface area contributed by atoms with E-state index in [0.29, 0.717) is 22.2 Å². The molecule has 0 saturated carbocycles. The van der Waals surface area contributed by atoms with E-state index in [4.69, 9.17) is 4.74 Å². The van der Waals surface area contributed by atoms with E-state index in [2.05, 4.69) is 20.6 Å². The molecule has 9 heteroatoms. The molecule has 0 aliphatic carbocycles. The highest BCUT2D eigenvalue weighted by atomic mass is 32.2. The molecule has 2 rings (SSSR count). The molecule has 2 aromatic rings. The molecule has 1 aromatic heterocycles. The van der Waals surface area contributed by atoms with Gasteiger partial charge in [0.1, 0.15) is 0 Å². The number of aromatic amines is 1. The second kappa shape index (κ2) is 9.00. The molecule has 0 unspecified atom stereocenters. The Kier molecular flexibility index (Phi) is 6.72. The van der Waals surface area contributed by atoms with E-state index in [-0.39, 0.29) is 29.7 Å². The van der Waals surface area contributed by atoms with E-state index < -0.39 is 0 Å². The first-order valence-corrected chi connectivity index (χ1v) is 8.34. The Balaban J connectivity index is 1.90. The fraction of sp³-hybridized carbons (Fsp3) is 0.250. The summed E-state index contributed by atoms with van der Waals surface area (Å²) in [5, 5.41) is 5.73. The molecule has 1 heterocycles. The molecule has 0 aliphatic rings. The number of anilines is 2. The predicted octanol–water partition coefficient (Wildman–Crippen LogP) is 1.61. The first-order chi connectivity index (χ1) is 12.0. The lowest BCUT2D eigenvalue weighted by molar-refractivity contribution is -0.114. The minimum Gasteiger partial charge on any atom is -0.378 e. The van der Waals surface area contributed by atoms with Crippen molar-refractivity contribution in [3.8, 4) is 0 Å². The lowest BCUT2D eigenvalue weighted by atomic mass is 10.3. The van der Waals surface area contributed by atoms with Gasteiger partial charge in [-0.05, 0) is 24.3 Å². The minimum atomic E-state index is -0.293. The molecule has 132 valence electrons. The van der Waals surface area contributed by atoms with E-state index in [1.165, 1.54) is 20.1 Å². The number of hydrogen-bond acceptors (Lipinski definition) is 6. The average molecular weight is 362 g/mol. The molecule has 0 atom stereocenters. The fourth-order valence-corrected chi connectivity index (χ4v) is 2.64. The summed E-state index contributed by atoms with van der Waals surface area (Å²) >= 11 is 1.12. The SMILES string of the molecule is COCc1cc(=O)[nH]c(SCC(=O)Nc2ccc(NC(C)=O)cc2)n1. The number of carbonyl (C=O) groups excluding carboxylic acids is 2. The summed E-state index contributed by atoms with van der Waals surface area (Å²) in [7, 11) is 1.51. The smallest absolute Gasteiger partial charge is 0.251 e. The maximum atomic E-state index is 12.0. The van der Waals surface area contributed by atoms with Gasteiger partial charge in [-0.15, -0.1) is 0 Å². The highest BCUT2D eigenvalue weighted by Gasteiger charge is 2.07. The maximum Gasteiger partial charge on any atom is 0.251 e. The number of carbonyl (C=O) groups is 2. The Labute approximate surface area is 148 Å². The van der Waals surface area contributed by atoms with Crippen LogP contribution in [0.25, 0.3) is 0 Å². The maximum absolute atomic E-state index is 12.0. The molecule has 0 radical (unpaired) electrons. The number of H-pyrrole nitrogens is 1. The van der Waals surface area contributed by atoms with Gasteiger partial charge < -0.3 is 20.4 Å². The highest BCUT2D eigenvalue weighted by Crippen LogP contribution is 2.15. The molecular weight excluding hydrogens is 344 g/mol. The standard InChI is InChI=1S/C16H18N4O4S/c1-10(21)17-11-3-5-12(6-4-11)18-15(23)9-25-16-19-13(8-24-2)7-14(22)20-16/h3-7H,8-9H2,1-2H3,(H,17,21)(H,18,23)(H,19,20,22). The fourth-order valence-electron chi connectivity index (χ4n) is 1.94. The summed E-state index contributed by atoms with van der Waals surface area (Å²) in [5.41, 5.74) is 1.46. The molecule has 8 nitrogen and oxygen atoms in total.